The molecule has 1 aromatic carbocycles. The van der Waals surface area contributed by atoms with Crippen LogP contribution in [0.4, 0.5) is 5.69 Å². The van der Waals surface area contributed by atoms with Gasteiger partial charge < -0.3 is 10.0 Å². The summed E-state index contributed by atoms with van der Waals surface area (Å²) in [5.41, 5.74) is 1.75. The van der Waals surface area contributed by atoms with Crippen LogP contribution in [0.1, 0.15) is 12.0 Å². The van der Waals surface area contributed by atoms with Crippen LogP contribution in [0.2, 0.25) is 0 Å². The second kappa shape index (κ2) is 4.49. The lowest BCUT2D eigenvalue weighted by Crippen LogP contribution is -2.24. The maximum atomic E-state index is 11.7. The van der Waals surface area contributed by atoms with E-state index in [1.807, 2.05) is 30.3 Å². The third-order valence-corrected chi connectivity index (χ3v) is 2.92. The molecule has 1 aliphatic rings. The fraction of sp³-hybridized carbons (Fsp3) is 0.308. The number of rotatable bonds is 3. The van der Waals surface area contributed by atoms with E-state index >= 15 is 0 Å². The molecule has 1 saturated heterocycles. The molecule has 1 unspecified atom stereocenters. The summed E-state index contributed by atoms with van der Waals surface area (Å²) in [6.07, 6.45) is 2.38. The summed E-state index contributed by atoms with van der Waals surface area (Å²) in [6, 6.07) is 7.41. The van der Waals surface area contributed by atoms with Gasteiger partial charge in [-0.1, -0.05) is 18.2 Å². The van der Waals surface area contributed by atoms with Crippen molar-refractivity contribution in [3.05, 3.63) is 42.5 Å². The van der Waals surface area contributed by atoms with Crippen LogP contribution in [0.3, 0.4) is 0 Å². The zero-order chi connectivity index (χ0) is 11.5. The summed E-state index contributed by atoms with van der Waals surface area (Å²) in [5.74, 6) is 0.395. The highest BCUT2D eigenvalue weighted by atomic mass is 16.3. The molecule has 0 bridgehead atoms. The molecule has 1 N–H and O–H groups in total. The Balaban J connectivity index is 2.17. The van der Waals surface area contributed by atoms with Crippen LogP contribution in [-0.2, 0) is 11.4 Å². The first kappa shape index (κ1) is 10.9. The van der Waals surface area contributed by atoms with Gasteiger partial charge in [-0.2, -0.15) is 0 Å². The molecule has 16 heavy (non-hydrogen) atoms. The van der Waals surface area contributed by atoms with Gasteiger partial charge in [0.25, 0.3) is 0 Å². The van der Waals surface area contributed by atoms with Crippen LogP contribution < -0.4 is 4.90 Å². The van der Waals surface area contributed by atoms with Crippen molar-refractivity contribution in [1.82, 2.24) is 0 Å². The highest BCUT2D eigenvalue weighted by Gasteiger charge is 2.28. The number of hydrogen-bond acceptors (Lipinski definition) is 2. The first-order valence-electron chi connectivity index (χ1n) is 5.37. The molecule has 0 spiro atoms. The van der Waals surface area contributed by atoms with Gasteiger partial charge in [-0.3, -0.25) is 4.79 Å². The third-order valence-electron chi connectivity index (χ3n) is 2.92. The molecule has 3 heteroatoms. The molecular weight excluding hydrogens is 202 g/mol. The molecule has 0 radical (unpaired) electrons. The van der Waals surface area contributed by atoms with Gasteiger partial charge in [0.2, 0.25) is 5.91 Å². The van der Waals surface area contributed by atoms with Crippen LogP contribution in [0.5, 0.6) is 0 Å². The molecule has 1 fully saturated rings. The number of carbonyl (C=O) groups excluding carboxylic acids is 1. The van der Waals surface area contributed by atoms with E-state index in [2.05, 4.69) is 6.58 Å². The molecule has 1 atom stereocenters. The summed E-state index contributed by atoms with van der Waals surface area (Å²) >= 11 is 0. The van der Waals surface area contributed by atoms with Crippen LogP contribution in [0, 0.1) is 5.92 Å². The number of aliphatic hydroxyl groups is 1. The molecule has 3 nitrogen and oxygen atoms in total. The molecule has 0 aromatic heterocycles. The molecule has 0 aliphatic carbocycles. The zero-order valence-corrected chi connectivity index (χ0v) is 9.10. The van der Waals surface area contributed by atoms with Crippen molar-refractivity contribution in [2.75, 3.05) is 11.4 Å². The number of anilines is 1. The van der Waals surface area contributed by atoms with Crippen LogP contribution >= 0.6 is 0 Å². The Kier molecular flexibility index (Phi) is 3.06. The highest BCUT2D eigenvalue weighted by Crippen LogP contribution is 2.25. The van der Waals surface area contributed by atoms with Crippen molar-refractivity contribution < 1.29 is 9.90 Å². The summed E-state index contributed by atoms with van der Waals surface area (Å²) in [5, 5.41) is 8.93. The first-order chi connectivity index (χ1) is 7.74. The summed E-state index contributed by atoms with van der Waals surface area (Å²) < 4.78 is 0. The Morgan fingerprint density at radius 2 is 2.12 bits per heavy atom. The van der Waals surface area contributed by atoms with E-state index in [-0.39, 0.29) is 18.4 Å². The number of benzene rings is 1. The van der Waals surface area contributed by atoms with Crippen molar-refractivity contribution in [2.45, 2.75) is 13.0 Å². The van der Waals surface area contributed by atoms with E-state index in [1.54, 1.807) is 4.90 Å². The maximum absolute atomic E-state index is 11.7. The fourth-order valence-corrected chi connectivity index (χ4v) is 1.92. The minimum Gasteiger partial charge on any atom is -0.392 e. The van der Waals surface area contributed by atoms with E-state index in [1.165, 1.54) is 0 Å². The van der Waals surface area contributed by atoms with Gasteiger partial charge in [0.05, 0.1) is 6.61 Å². The van der Waals surface area contributed by atoms with E-state index < -0.39 is 0 Å². The Labute approximate surface area is 95.0 Å². The minimum atomic E-state index is 0.0313. The molecular formula is C13H15NO2. The molecule has 1 aliphatic heterocycles. The second-order valence-electron chi connectivity index (χ2n) is 4.03. The maximum Gasteiger partial charge on any atom is 0.227 e. The van der Waals surface area contributed by atoms with Crippen molar-refractivity contribution in [3.63, 3.8) is 0 Å². The third kappa shape index (κ3) is 1.99. The summed E-state index contributed by atoms with van der Waals surface area (Å²) in [6.45, 7) is 4.46. The monoisotopic (exact) mass is 217 g/mol. The van der Waals surface area contributed by atoms with E-state index in [0.717, 1.165) is 11.3 Å². The predicted octanol–water partition coefficient (Wildman–Crippen LogP) is 1.72. The van der Waals surface area contributed by atoms with Crippen LogP contribution in [0.15, 0.2) is 36.9 Å². The van der Waals surface area contributed by atoms with E-state index in [4.69, 9.17) is 5.11 Å². The van der Waals surface area contributed by atoms with Gasteiger partial charge >= 0.3 is 0 Å². The van der Waals surface area contributed by atoms with Gasteiger partial charge in [-0.25, -0.2) is 0 Å². The Morgan fingerprint density at radius 3 is 2.62 bits per heavy atom. The molecule has 1 heterocycles. The average molecular weight is 217 g/mol. The number of hydrogen-bond donors (Lipinski definition) is 1. The van der Waals surface area contributed by atoms with E-state index in [0.29, 0.717) is 13.0 Å². The number of carbonyl (C=O) groups is 1. The largest absolute Gasteiger partial charge is 0.392 e. The van der Waals surface area contributed by atoms with Gasteiger partial charge in [0.1, 0.15) is 0 Å². The van der Waals surface area contributed by atoms with Crippen molar-refractivity contribution in [3.8, 4) is 0 Å². The molecule has 1 amide bonds. The average Bonchev–Trinajstić information content (AvgIpc) is 2.71. The first-order valence-corrected chi connectivity index (χ1v) is 5.37. The molecule has 0 saturated carbocycles. The standard InChI is InChI=1S/C13H15NO2/c1-2-10-7-13(16)14(8-10)12-5-3-11(9-15)4-6-12/h2-6,10,15H,1,7-9H2. The number of aliphatic hydroxyl groups excluding tert-OH is 1. The lowest BCUT2D eigenvalue weighted by molar-refractivity contribution is -0.117. The normalized spacial score (nSPS) is 20.2. The Hall–Kier alpha value is -1.61. The topological polar surface area (TPSA) is 40.5 Å². The zero-order valence-electron chi connectivity index (χ0n) is 9.10. The smallest absolute Gasteiger partial charge is 0.227 e. The van der Waals surface area contributed by atoms with Gasteiger partial charge in [-0.15, -0.1) is 6.58 Å². The van der Waals surface area contributed by atoms with E-state index in [9.17, 15) is 4.79 Å². The Bertz CT molecular complexity index is 397. The van der Waals surface area contributed by atoms with Gasteiger partial charge in [0, 0.05) is 24.6 Å². The van der Waals surface area contributed by atoms with Crippen LogP contribution in [0.25, 0.3) is 0 Å². The van der Waals surface area contributed by atoms with Crippen molar-refractivity contribution >= 4 is 11.6 Å². The summed E-state index contributed by atoms with van der Waals surface area (Å²) in [7, 11) is 0. The molecule has 84 valence electrons. The SMILES string of the molecule is C=CC1CC(=O)N(c2ccc(CO)cc2)C1. The van der Waals surface area contributed by atoms with Crippen molar-refractivity contribution in [2.24, 2.45) is 5.92 Å². The highest BCUT2D eigenvalue weighted by molar-refractivity contribution is 5.95. The lowest BCUT2D eigenvalue weighted by Gasteiger charge is -2.16. The lowest BCUT2D eigenvalue weighted by atomic mass is 10.1. The number of amides is 1. The van der Waals surface area contributed by atoms with Gasteiger partial charge in [0.15, 0.2) is 0 Å². The van der Waals surface area contributed by atoms with Crippen LogP contribution in [-0.4, -0.2) is 17.6 Å². The van der Waals surface area contributed by atoms with Gasteiger partial charge in [-0.05, 0) is 17.7 Å². The quantitative estimate of drug-likeness (QED) is 0.783. The Morgan fingerprint density at radius 1 is 1.44 bits per heavy atom. The van der Waals surface area contributed by atoms with Crippen molar-refractivity contribution in [1.29, 1.82) is 0 Å². The molecule has 1 aromatic rings. The molecule has 2 rings (SSSR count). The predicted molar refractivity (Wildman–Crippen MR) is 63.0 cm³/mol. The summed E-state index contributed by atoms with van der Waals surface area (Å²) in [4.78, 5) is 13.5. The fourth-order valence-electron chi connectivity index (χ4n) is 1.92. The second-order valence-corrected chi connectivity index (χ2v) is 4.03. The number of nitrogens with zero attached hydrogens (tertiary/aromatic N) is 1. The minimum absolute atomic E-state index is 0.0313.